The first-order valence-corrected chi connectivity index (χ1v) is 9.22. The maximum Gasteiger partial charge on any atom is 0.416 e. The molecule has 0 saturated carbocycles. The Hall–Kier alpha value is -3.03. The maximum atomic E-state index is 12.9. The molecule has 4 rings (SSSR count). The number of hydrogen-bond acceptors (Lipinski definition) is 4. The minimum Gasteiger partial charge on any atom is -0.457 e. The normalized spacial score (nSPS) is 15.4. The number of alkyl halides is 3. The smallest absolute Gasteiger partial charge is 0.416 e. The standard InChI is InChI=1S/C21H10Cl2F3NO3/c22-13-4-6-15(16(23)9-13)19-27-17(20(28)30-19)10-14-5-7-18(29-14)11-2-1-3-12(8-11)21(24,25)26/h1-10H/b17-10+. The molecular formula is C21H10Cl2F3NO3. The van der Waals surface area contributed by atoms with Gasteiger partial charge in [-0.1, -0.05) is 35.3 Å². The average Bonchev–Trinajstić information content (AvgIpc) is 3.29. The zero-order valence-corrected chi connectivity index (χ0v) is 16.3. The van der Waals surface area contributed by atoms with Gasteiger partial charge in [-0.25, -0.2) is 9.79 Å². The number of cyclic esters (lactones) is 1. The van der Waals surface area contributed by atoms with Crippen LogP contribution in [0.3, 0.4) is 0 Å². The van der Waals surface area contributed by atoms with E-state index in [1.165, 1.54) is 36.4 Å². The molecule has 4 nitrogen and oxygen atoms in total. The molecule has 30 heavy (non-hydrogen) atoms. The Balaban J connectivity index is 1.63. The molecule has 0 spiro atoms. The van der Waals surface area contributed by atoms with Gasteiger partial charge in [0.25, 0.3) is 0 Å². The van der Waals surface area contributed by atoms with Crippen molar-refractivity contribution in [1.29, 1.82) is 0 Å². The first-order valence-electron chi connectivity index (χ1n) is 8.46. The van der Waals surface area contributed by atoms with Gasteiger partial charge in [-0.2, -0.15) is 13.2 Å². The number of ether oxygens (including phenoxy) is 1. The fraction of sp³-hybridized carbons (Fsp3) is 0.0476. The van der Waals surface area contributed by atoms with Gasteiger partial charge in [0.1, 0.15) is 11.5 Å². The summed E-state index contributed by atoms with van der Waals surface area (Å²) in [7, 11) is 0. The van der Waals surface area contributed by atoms with Crippen molar-refractivity contribution >= 4 is 41.1 Å². The van der Waals surface area contributed by atoms with Crippen LogP contribution in [0.25, 0.3) is 17.4 Å². The second-order valence-electron chi connectivity index (χ2n) is 6.24. The van der Waals surface area contributed by atoms with Gasteiger partial charge >= 0.3 is 12.1 Å². The van der Waals surface area contributed by atoms with E-state index in [1.54, 1.807) is 12.1 Å². The molecule has 1 aromatic heterocycles. The van der Waals surface area contributed by atoms with E-state index in [0.29, 0.717) is 10.6 Å². The molecule has 0 fully saturated rings. The minimum atomic E-state index is -4.46. The van der Waals surface area contributed by atoms with E-state index in [4.69, 9.17) is 32.4 Å². The molecule has 0 bridgehead atoms. The van der Waals surface area contributed by atoms with Gasteiger partial charge in [-0.05, 0) is 42.5 Å². The number of aliphatic imine (C=N–C) groups is 1. The first kappa shape index (κ1) is 20.3. The van der Waals surface area contributed by atoms with Crippen LogP contribution >= 0.6 is 23.2 Å². The topological polar surface area (TPSA) is 51.8 Å². The molecule has 152 valence electrons. The predicted molar refractivity (Wildman–Crippen MR) is 106 cm³/mol. The van der Waals surface area contributed by atoms with E-state index in [-0.39, 0.29) is 33.7 Å². The van der Waals surface area contributed by atoms with E-state index in [0.717, 1.165) is 12.1 Å². The molecule has 2 heterocycles. The van der Waals surface area contributed by atoms with Crippen LogP contribution in [0.5, 0.6) is 0 Å². The number of hydrogen-bond donors (Lipinski definition) is 0. The molecular weight excluding hydrogens is 442 g/mol. The number of benzene rings is 2. The lowest BCUT2D eigenvalue weighted by atomic mass is 10.1. The third kappa shape index (κ3) is 4.13. The highest BCUT2D eigenvalue weighted by Gasteiger charge is 2.31. The van der Waals surface area contributed by atoms with Crippen molar-refractivity contribution in [1.82, 2.24) is 0 Å². The van der Waals surface area contributed by atoms with Crippen LogP contribution in [0.15, 0.2) is 69.7 Å². The molecule has 9 heteroatoms. The van der Waals surface area contributed by atoms with Crippen LogP contribution < -0.4 is 0 Å². The van der Waals surface area contributed by atoms with Crippen molar-refractivity contribution in [2.24, 2.45) is 4.99 Å². The minimum absolute atomic E-state index is 0.0116. The van der Waals surface area contributed by atoms with Gasteiger partial charge < -0.3 is 9.15 Å². The Kier molecular flexibility index (Phi) is 5.17. The van der Waals surface area contributed by atoms with Crippen molar-refractivity contribution in [2.45, 2.75) is 6.18 Å². The summed E-state index contributed by atoms with van der Waals surface area (Å²) in [5.74, 6) is -0.267. The molecule has 0 aliphatic carbocycles. The number of halogens is 5. The van der Waals surface area contributed by atoms with E-state index >= 15 is 0 Å². The molecule has 0 radical (unpaired) electrons. The Labute approximate surface area is 178 Å². The lowest BCUT2D eigenvalue weighted by Crippen LogP contribution is -2.05. The molecule has 2 aromatic carbocycles. The molecule has 1 aliphatic heterocycles. The fourth-order valence-corrected chi connectivity index (χ4v) is 3.25. The fourth-order valence-electron chi connectivity index (χ4n) is 2.76. The lowest BCUT2D eigenvalue weighted by Gasteiger charge is -2.07. The quantitative estimate of drug-likeness (QED) is 0.332. The molecule has 0 amide bonds. The van der Waals surface area contributed by atoms with Gasteiger partial charge in [0, 0.05) is 16.7 Å². The third-order valence-electron chi connectivity index (χ3n) is 4.16. The van der Waals surface area contributed by atoms with Crippen molar-refractivity contribution < 1.29 is 27.1 Å². The van der Waals surface area contributed by atoms with Crippen molar-refractivity contribution in [3.8, 4) is 11.3 Å². The number of nitrogens with zero attached hydrogens (tertiary/aromatic N) is 1. The lowest BCUT2D eigenvalue weighted by molar-refractivity contribution is -0.137. The van der Waals surface area contributed by atoms with Crippen LogP contribution in [0.1, 0.15) is 16.9 Å². The summed E-state index contributed by atoms with van der Waals surface area (Å²) in [6.07, 6.45) is -3.13. The zero-order valence-electron chi connectivity index (χ0n) is 14.8. The number of carbonyl (C=O) groups is 1. The highest BCUT2D eigenvalue weighted by molar-refractivity contribution is 6.37. The van der Waals surface area contributed by atoms with E-state index in [9.17, 15) is 18.0 Å². The summed E-state index contributed by atoms with van der Waals surface area (Å²) in [6, 6.07) is 12.4. The maximum absolute atomic E-state index is 12.9. The van der Waals surface area contributed by atoms with Crippen LogP contribution in [0.4, 0.5) is 13.2 Å². The second kappa shape index (κ2) is 7.66. The molecule has 0 unspecified atom stereocenters. The van der Waals surface area contributed by atoms with Gasteiger partial charge in [-0.3, -0.25) is 0 Å². The molecule has 3 aromatic rings. The Morgan fingerprint density at radius 3 is 2.53 bits per heavy atom. The van der Waals surface area contributed by atoms with E-state index in [1.807, 2.05) is 0 Å². The summed E-state index contributed by atoms with van der Waals surface area (Å²) in [5, 5.41) is 0.683. The first-order chi connectivity index (χ1) is 14.2. The molecule has 0 saturated heterocycles. The highest BCUT2D eigenvalue weighted by atomic mass is 35.5. The Bertz CT molecular complexity index is 1210. The number of rotatable bonds is 3. The average molecular weight is 452 g/mol. The van der Waals surface area contributed by atoms with Crippen LogP contribution in [0.2, 0.25) is 10.0 Å². The van der Waals surface area contributed by atoms with E-state index in [2.05, 4.69) is 4.99 Å². The highest BCUT2D eigenvalue weighted by Crippen LogP contribution is 2.33. The summed E-state index contributed by atoms with van der Waals surface area (Å²) < 4.78 is 49.4. The molecule has 1 aliphatic rings. The van der Waals surface area contributed by atoms with Crippen molar-refractivity contribution in [3.05, 3.63) is 87.2 Å². The van der Waals surface area contributed by atoms with Gasteiger partial charge in [0.15, 0.2) is 5.70 Å². The predicted octanol–water partition coefficient (Wildman–Crippen LogP) is 6.62. The number of furan rings is 1. The van der Waals surface area contributed by atoms with Crippen LogP contribution in [0, 0.1) is 0 Å². The molecule has 0 atom stereocenters. The SMILES string of the molecule is O=C1OC(c2ccc(Cl)cc2Cl)=N/C1=C/c1ccc(-c2cccc(C(F)(F)F)c2)o1. The van der Waals surface area contributed by atoms with Crippen molar-refractivity contribution in [3.63, 3.8) is 0 Å². The van der Waals surface area contributed by atoms with E-state index < -0.39 is 17.7 Å². The van der Waals surface area contributed by atoms with Crippen LogP contribution in [-0.4, -0.2) is 11.9 Å². The summed E-state index contributed by atoms with van der Waals surface area (Å²) >= 11 is 12.0. The van der Waals surface area contributed by atoms with Gasteiger partial charge in [0.2, 0.25) is 5.90 Å². The second-order valence-corrected chi connectivity index (χ2v) is 7.08. The van der Waals surface area contributed by atoms with Gasteiger partial charge in [0.05, 0.1) is 16.1 Å². The van der Waals surface area contributed by atoms with Gasteiger partial charge in [-0.15, -0.1) is 0 Å². The molecule has 0 N–H and O–H groups in total. The van der Waals surface area contributed by atoms with Crippen molar-refractivity contribution in [2.75, 3.05) is 0 Å². The summed E-state index contributed by atoms with van der Waals surface area (Å²) in [6.45, 7) is 0. The monoisotopic (exact) mass is 451 g/mol. The third-order valence-corrected chi connectivity index (χ3v) is 4.71. The zero-order chi connectivity index (χ0) is 21.5. The number of esters is 1. The summed E-state index contributed by atoms with van der Waals surface area (Å²) in [4.78, 5) is 16.3. The largest absolute Gasteiger partial charge is 0.457 e. The summed E-state index contributed by atoms with van der Waals surface area (Å²) in [5.41, 5.74) is -0.187. The number of carbonyl (C=O) groups excluding carboxylic acids is 1. The Morgan fingerprint density at radius 2 is 1.80 bits per heavy atom. The van der Waals surface area contributed by atoms with Crippen LogP contribution in [-0.2, 0) is 15.7 Å². The Morgan fingerprint density at radius 1 is 1.00 bits per heavy atom.